The molecule has 1 saturated carbocycles. The normalized spacial score (nSPS) is 25.2. The van der Waals surface area contributed by atoms with Gasteiger partial charge in [-0.1, -0.05) is 12.1 Å². The fraction of sp³-hybridized carbons (Fsp3) is 0.600. The Labute approximate surface area is 123 Å². The Hall–Kier alpha value is -0.190. The highest BCUT2D eigenvalue weighted by atomic mass is 32.2. The summed E-state index contributed by atoms with van der Waals surface area (Å²) in [5.41, 5.74) is 1.25. The van der Waals surface area contributed by atoms with Crippen LogP contribution in [0.15, 0.2) is 24.3 Å². The number of thioether (sulfide) groups is 2. The van der Waals surface area contributed by atoms with Crippen LogP contribution in [0.5, 0.6) is 0 Å². The van der Waals surface area contributed by atoms with Crippen LogP contribution in [0.25, 0.3) is 0 Å². The van der Waals surface area contributed by atoms with Crippen molar-refractivity contribution in [3.63, 3.8) is 0 Å². The van der Waals surface area contributed by atoms with Crippen LogP contribution in [0.2, 0.25) is 0 Å². The lowest BCUT2D eigenvalue weighted by Crippen LogP contribution is -2.32. The molecule has 1 N–H and O–H groups in total. The molecule has 2 atom stereocenters. The number of hydrogen-bond acceptors (Lipinski definition) is 3. The standard InChI is InChI=1S/C15H20FNS2/c16-13-5-3-12(4-6-13)15(11-1-2-11)17-9-14-10-18-7-8-19-14/h3-6,11,14-15,17H,1-2,7-10H2. The first kappa shape index (κ1) is 13.8. The van der Waals surface area contributed by atoms with Crippen molar-refractivity contribution < 1.29 is 4.39 Å². The second-order valence-electron chi connectivity index (χ2n) is 5.34. The molecule has 1 saturated heterocycles. The maximum absolute atomic E-state index is 13.0. The van der Waals surface area contributed by atoms with E-state index in [1.54, 1.807) is 12.1 Å². The van der Waals surface area contributed by atoms with Gasteiger partial charge >= 0.3 is 0 Å². The highest BCUT2D eigenvalue weighted by Crippen LogP contribution is 2.41. The van der Waals surface area contributed by atoms with Crippen LogP contribution >= 0.6 is 23.5 Å². The van der Waals surface area contributed by atoms with E-state index < -0.39 is 0 Å². The minimum absolute atomic E-state index is 0.141. The van der Waals surface area contributed by atoms with Crippen molar-refractivity contribution in [2.75, 3.05) is 23.8 Å². The van der Waals surface area contributed by atoms with E-state index in [4.69, 9.17) is 0 Å². The maximum atomic E-state index is 13.0. The summed E-state index contributed by atoms with van der Waals surface area (Å²) in [5.74, 6) is 4.45. The first-order valence-electron chi connectivity index (χ1n) is 7.01. The average molecular weight is 297 g/mol. The van der Waals surface area contributed by atoms with Gasteiger partial charge in [0.1, 0.15) is 5.82 Å². The van der Waals surface area contributed by atoms with Gasteiger partial charge in [-0.05, 0) is 36.5 Å². The SMILES string of the molecule is Fc1ccc(C(NCC2CSCCS2)C2CC2)cc1. The van der Waals surface area contributed by atoms with Crippen molar-refractivity contribution >= 4 is 23.5 Å². The highest BCUT2D eigenvalue weighted by molar-refractivity contribution is 8.06. The number of rotatable bonds is 5. The van der Waals surface area contributed by atoms with Crippen LogP contribution in [0.4, 0.5) is 4.39 Å². The Morgan fingerprint density at radius 2 is 2.00 bits per heavy atom. The summed E-state index contributed by atoms with van der Waals surface area (Å²) in [4.78, 5) is 0. The van der Waals surface area contributed by atoms with Gasteiger partial charge in [0.15, 0.2) is 0 Å². The minimum atomic E-state index is -0.141. The number of hydrogen-bond donors (Lipinski definition) is 1. The minimum Gasteiger partial charge on any atom is -0.309 e. The quantitative estimate of drug-likeness (QED) is 0.890. The second-order valence-corrected chi connectivity index (χ2v) is 7.90. The van der Waals surface area contributed by atoms with E-state index in [0.717, 1.165) is 17.7 Å². The molecule has 1 aliphatic carbocycles. The van der Waals surface area contributed by atoms with Crippen molar-refractivity contribution in [3.05, 3.63) is 35.6 Å². The van der Waals surface area contributed by atoms with Gasteiger partial charge in [0, 0.05) is 35.1 Å². The molecule has 4 heteroatoms. The van der Waals surface area contributed by atoms with E-state index in [9.17, 15) is 4.39 Å². The molecule has 1 aromatic carbocycles. The summed E-state index contributed by atoms with van der Waals surface area (Å²) in [7, 11) is 0. The molecule has 2 unspecified atom stereocenters. The molecular weight excluding hydrogens is 277 g/mol. The fourth-order valence-electron chi connectivity index (χ4n) is 2.57. The predicted molar refractivity (Wildman–Crippen MR) is 83.4 cm³/mol. The van der Waals surface area contributed by atoms with E-state index in [0.29, 0.717) is 6.04 Å². The van der Waals surface area contributed by atoms with Crippen LogP contribution in [0.1, 0.15) is 24.4 Å². The summed E-state index contributed by atoms with van der Waals surface area (Å²) < 4.78 is 13.0. The first-order valence-corrected chi connectivity index (χ1v) is 9.21. The molecule has 104 valence electrons. The van der Waals surface area contributed by atoms with E-state index in [2.05, 4.69) is 28.8 Å². The molecule has 0 radical (unpaired) electrons. The summed E-state index contributed by atoms with van der Waals surface area (Å²) in [6.45, 7) is 1.08. The molecular formula is C15H20FNS2. The maximum Gasteiger partial charge on any atom is 0.123 e. The fourth-order valence-corrected chi connectivity index (χ4v) is 5.19. The third kappa shape index (κ3) is 3.89. The van der Waals surface area contributed by atoms with Gasteiger partial charge in [0.25, 0.3) is 0 Å². The van der Waals surface area contributed by atoms with Crippen molar-refractivity contribution in [1.82, 2.24) is 5.32 Å². The zero-order valence-electron chi connectivity index (χ0n) is 11.0. The van der Waals surface area contributed by atoms with Gasteiger partial charge in [-0.15, -0.1) is 0 Å². The third-order valence-corrected chi connectivity index (χ3v) is 6.62. The predicted octanol–water partition coefficient (Wildman–Crippen LogP) is 3.72. The van der Waals surface area contributed by atoms with Crippen LogP contribution in [0.3, 0.4) is 0 Å². The third-order valence-electron chi connectivity index (χ3n) is 3.77. The highest BCUT2D eigenvalue weighted by Gasteiger charge is 2.32. The zero-order valence-corrected chi connectivity index (χ0v) is 12.6. The van der Waals surface area contributed by atoms with Crippen molar-refractivity contribution in [2.24, 2.45) is 5.92 Å². The molecule has 0 spiro atoms. The van der Waals surface area contributed by atoms with E-state index in [-0.39, 0.29) is 5.82 Å². The van der Waals surface area contributed by atoms with Gasteiger partial charge in [0.05, 0.1) is 0 Å². The lowest BCUT2D eigenvalue weighted by molar-refractivity contribution is 0.484. The topological polar surface area (TPSA) is 12.0 Å². The van der Waals surface area contributed by atoms with E-state index in [1.807, 2.05) is 12.1 Å². The van der Waals surface area contributed by atoms with Crippen LogP contribution in [0, 0.1) is 11.7 Å². The van der Waals surface area contributed by atoms with Crippen molar-refractivity contribution in [2.45, 2.75) is 24.1 Å². The van der Waals surface area contributed by atoms with Gasteiger partial charge in [0.2, 0.25) is 0 Å². The molecule has 2 fully saturated rings. The van der Waals surface area contributed by atoms with Crippen molar-refractivity contribution in [1.29, 1.82) is 0 Å². The molecule has 1 heterocycles. The molecule has 19 heavy (non-hydrogen) atoms. The number of nitrogens with one attached hydrogen (secondary N) is 1. The lowest BCUT2D eigenvalue weighted by atomic mass is 10.0. The smallest absolute Gasteiger partial charge is 0.123 e. The van der Waals surface area contributed by atoms with Crippen molar-refractivity contribution in [3.8, 4) is 0 Å². The average Bonchev–Trinajstić information content (AvgIpc) is 3.27. The van der Waals surface area contributed by atoms with Gasteiger partial charge < -0.3 is 5.32 Å². The Balaban J connectivity index is 1.59. The molecule has 2 aliphatic rings. The number of halogens is 1. The van der Waals surface area contributed by atoms with Crippen LogP contribution < -0.4 is 5.32 Å². The molecule has 1 nitrogen and oxygen atoms in total. The van der Waals surface area contributed by atoms with Crippen LogP contribution in [-0.4, -0.2) is 29.1 Å². The monoisotopic (exact) mass is 297 g/mol. The Bertz CT molecular complexity index is 399. The lowest BCUT2D eigenvalue weighted by Gasteiger charge is -2.25. The molecule has 0 amide bonds. The van der Waals surface area contributed by atoms with Crippen LogP contribution in [-0.2, 0) is 0 Å². The number of benzene rings is 1. The summed E-state index contributed by atoms with van der Waals surface area (Å²) >= 11 is 4.16. The molecule has 0 bridgehead atoms. The van der Waals surface area contributed by atoms with E-state index in [1.165, 1.54) is 35.7 Å². The summed E-state index contributed by atoms with van der Waals surface area (Å²) in [5, 5.41) is 4.47. The summed E-state index contributed by atoms with van der Waals surface area (Å²) in [6, 6.07) is 7.46. The molecule has 3 rings (SSSR count). The Morgan fingerprint density at radius 1 is 1.21 bits per heavy atom. The Kier molecular flexibility index (Phi) is 4.72. The van der Waals surface area contributed by atoms with E-state index >= 15 is 0 Å². The second kappa shape index (κ2) is 6.51. The molecule has 1 aromatic rings. The largest absolute Gasteiger partial charge is 0.309 e. The van der Waals surface area contributed by atoms with Gasteiger partial charge in [-0.3, -0.25) is 0 Å². The first-order chi connectivity index (χ1) is 9.33. The Morgan fingerprint density at radius 3 is 2.63 bits per heavy atom. The van der Waals surface area contributed by atoms with Gasteiger partial charge in [-0.25, -0.2) is 4.39 Å². The summed E-state index contributed by atoms with van der Waals surface area (Å²) in [6.07, 6.45) is 2.61. The molecule has 1 aliphatic heterocycles. The zero-order chi connectivity index (χ0) is 13.1. The van der Waals surface area contributed by atoms with Gasteiger partial charge in [-0.2, -0.15) is 23.5 Å². The molecule has 0 aromatic heterocycles.